The molecule has 0 aromatic carbocycles. The summed E-state index contributed by atoms with van der Waals surface area (Å²) in [5, 5.41) is 0. The minimum Gasteiger partial charge on any atom is -0.0622 e. The van der Waals surface area contributed by atoms with Crippen molar-refractivity contribution in [2.75, 3.05) is 0 Å². The maximum atomic E-state index is 2.50. The van der Waals surface area contributed by atoms with Crippen LogP contribution in [-0.2, 0) is 0 Å². The zero-order valence-electron chi connectivity index (χ0n) is 9.43. The van der Waals surface area contributed by atoms with Crippen molar-refractivity contribution in [3.8, 4) is 0 Å². The fourth-order valence-electron chi connectivity index (χ4n) is 5.40. The summed E-state index contributed by atoms with van der Waals surface area (Å²) < 4.78 is 0. The Kier molecular flexibility index (Phi) is 1.27. The van der Waals surface area contributed by atoms with Gasteiger partial charge >= 0.3 is 0 Å². The zero-order chi connectivity index (χ0) is 9.43. The van der Waals surface area contributed by atoms with Crippen molar-refractivity contribution in [2.24, 2.45) is 34.5 Å². The van der Waals surface area contributed by atoms with Crippen molar-refractivity contribution in [2.45, 2.75) is 47.0 Å². The van der Waals surface area contributed by atoms with E-state index < -0.39 is 0 Å². The van der Waals surface area contributed by atoms with Gasteiger partial charge in [-0.05, 0) is 53.8 Å². The first-order valence-corrected chi connectivity index (χ1v) is 5.98. The molecule has 0 aliphatic heterocycles. The van der Waals surface area contributed by atoms with Gasteiger partial charge in [-0.2, -0.15) is 0 Å². The molecule has 0 aromatic heterocycles. The Morgan fingerprint density at radius 1 is 1.08 bits per heavy atom. The van der Waals surface area contributed by atoms with Gasteiger partial charge in [0.1, 0.15) is 0 Å². The van der Waals surface area contributed by atoms with E-state index >= 15 is 0 Å². The van der Waals surface area contributed by atoms with Crippen LogP contribution in [0.15, 0.2) is 0 Å². The normalized spacial score (nSPS) is 61.8. The molecule has 3 fully saturated rings. The lowest BCUT2D eigenvalue weighted by molar-refractivity contribution is -0.203. The van der Waals surface area contributed by atoms with Gasteiger partial charge in [0.15, 0.2) is 0 Å². The van der Waals surface area contributed by atoms with Gasteiger partial charge < -0.3 is 0 Å². The van der Waals surface area contributed by atoms with Crippen LogP contribution in [0.2, 0.25) is 0 Å². The molecule has 0 heterocycles. The Bertz CT molecular complexity index is 253. The van der Waals surface area contributed by atoms with E-state index in [1.54, 1.807) is 0 Å². The van der Waals surface area contributed by atoms with Crippen LogP contribution < -0.4 is 0 Å². The van der Waals surface area contributed by atoms with Gasteiger partial charge in [-0.15, -0.1) is 0 Å². The van der Waals surface area contributed by atoms with Crippen LogP contribution in [-0.4, -0.2) is 0 Å². The maximum absolute atomic E-state index is 2.50. The van der Waals surface area contributed by atoms with Gasteiger partial charge in [0, 0.05) is 0 Å². The van der Waals surface area contributed by atoms with Crippen molar-refractivity contribution < 1.29 is 0 Å². The molecule has 3 saturated carbocycles. The van der Waals surface area contributed by atoms with Crippen molar-refractivity contribution in [1.29, 1.82) is 0 Å². The third-order valence-electron chi connectivity index (χ3n) is 5.86. The molecule has 13 heavy (non-hydrogen) atoms. The standard InChI is InChI=1S/C13H22/c1-8-5-11-12(3,4)7-13(11)9(2)6-10(8)13/h8-11H,5-7H2,1-4H3. The highest BCUT2D eigenvalue weighted by atomic mass is 14.8. The summed E-state index contributed by atoms with van der Waals surface area (Å²) in [5.41, 5.74) is 1.51. The van der Waals surface area contributed by atoms with Gasteiger partial charge in [0.25, 0.3) is 0 Å². The number of hydrogen-bond acceptors (Lipinski definition) is 0. The lowest BCUT2D eigenvalue weighted by Crippen LogP contribution is -2.62. The molecule has 5 atom stereocenters. The predicted molar refractivity (Wildman–Crippen MR) is 55.4 cm³/mol. The average Bonchev–Trinajstić information content (AvgIpc) is 2.22. The average molecular weight is 178 g/mol. The third kappa shape index (κ3) is 0.680. The highest BCUT2D eigenvalue weighted by molar-refractivity contribution is 5.21. The Morgan fingerprint density at radius 3 is 2.23 bits per heavy atom. The first-order valence-electron chi connectivity index (χ1n) is 5.98. The van der Waals surface area contributed by atoms with Gasteiger partial charge in [-0.25, -0.2) is 0 Å². The molecule has 0 radical (unpaired) electrons. The van der Waals surface area contributed by atoms with Crippen molar-refractivity contribution in [1.82, 2.24) is 0 Å². The Balaban J connectivity index is 1.95. The van der Waals surface area contributed by atoms with Gasteiger partial charge in [0.2, 0.25) is 0 Å². The second-order valence-corrected chi connectivity index (χ2v) is 6.79. The highest BCUT2D eigenvalue weighted by Gasteiger charge is 2.72. The summed E-state index contributed by atoms with van der Waals surface area (Å²) >= 11 is 0. The Labute approximate surface area is 82.1 Å². The summed E-state index contributed by atoms with van der Waals surface area (Å²) in [4.78, 5) is 0. The summed E-state index contributed by atoms with van der Waals surface area (Å²) in [6, 6.07) is 0. The smallest absolute Gasteiger partial charge is 0.0202 e. The van der Waals surface area contributed by atoms with Crippen molar-refractivity contribution in [3.63, 3.8) is 0 Å². The molecule has 0 nitrogen and oxygen atoms in total. The molecule has 0 amide bonds. The monoisotopic (exact) mass is 178 g/mol. The molecule has 3 aliphatic carbocycles. The van der Waals surface area contributed by atoms with E-state index in [2.05, 4.69) is 27.7 Å². The second kappa shape index (κ2) is 1.99. The zero-order valence-corrected chi connectivity index (χ0v) is 9.43. The maximum Gasteiger partial charge on any atom is -0.0202 e. The van der Waals surface area contributed by atoms with Gasteiger partial charge in [0.05, 0.1) is 0 Å². The summed E-state index contributed by atoms with van der Waals surface area (Å²) in [7, 11) is 0. The van der Waals surface area contributed by atoms with Gasteiger partial charge in [-0.1, -0.05) is 27.7 Å². The number of rotatable bonds is 0. The molecule has 74 valence electrons. The van der Waals surface area contributed by atoms with E-state index in [4.69, 9.17) is 0 Å². The molecule has 5 unspecified atom stereocenters. The molecule has 0 aromatic rings. The second-order valence-electron chi connectivity index (χ2n) is 6.79. The quantitative estimate of drug-likeness (QED) is 0.530. The molecule has 3 rings (SSSR count). The van der Waals surface area contributed by atoms with Crippen LogP contribution in [0.1, 0.15) is 47.0 Å². The van der Waals surface area contributed by atoms with E-state index in [0.717, 1.165) is 29.1 Å². The number of hydrogen-bond donors (Lipinski definition) is 0. The van der Waals surface area contributed by atoms with E-state index in [-0.39, 0.29) is 0 Å². The van der Waals surface area contributed by atoms with Gasteiger partial charge in [-0.3, -0.25) is 0 Å². The molecule has 1 spiro atoms. The molecular weight excluding hydrogens is 156 g/mol. The molecule has 0 N–H and O–H groups in total. The van der Waals surface area contributed by atoms with E-state index in [9.17, 15) is 0 Å². The van der Waals surface area contributed by atoms with Crippen LogP contribution in [0, 0.1) is 34.5 Å². The third-order valence-corrected chi connectivity index (χ3v) is 5.86. The molecule has 0 bridgehead atoms. The largest absolute Gasteiger partial charge is 0.0622 e. The SMILES string of the molecule is CC1CC2C(C)(C)CC23C(C)CC13. The summed E-state index contributed by atoms with van der Waals surface area (Å²) in [5.74, 6) is 4.26. The molecular formula is C13H22. The summed E-state index contributed by atoms with van der Waals surface area (Å²) in [6.07, 6.45) is 4.59. The van der Waals surface area contributed by atoms with Crippen LogP contribution in [0.3, 0.4) is 0 Å². The van der Waals surface area contributed by atoms with E-state index in [1.165, 1.54) is 19.3 Å². The summed E-state index contributed by atoms with van der Waals surface area (Å²) in [6.45, 7) is 9.97. The fraction of sp³-hybridized carbons (Fsp3) is 1.00. The Hall–Kier alpha value is 0. The Morgan fingerprint density at radius 2 is 1.77 bits per heavy atom. The van der Waals surface area contributed by atoms with Crippen LogP contribution in [0.25, 0.3) is 0 Å². The predicted octanol–water partition coefficient (Wildman–Crippen LogP) is 3.71. The highest BCUT2D eigenvalue weighted by Crippen LogP contribution is 2.79. The van der Waals surface area contributed by atoms with E-state index in [1.807, 2.05) is 0 Å². The molecule has 0 heteroatoms. The van der Waals surface area contributed by atoms with E-state index in [0.29, 0.717) is 5.41 Å². The minimum atomic E-state index is 0.678. The topological polar surface area (TPSA) is 0 Å². The van der Waals surface area contributed by atoms with Crippen LogP contribution in [0.5, 0.6) is 0 Å². The first-order chi connectivity index (χ1) is 5.98. The van der Waals surface area contributed by atoms with Crippen LogP contribution >= 0.6 is 0 Å². The lowest BCUT2D eigenvalue weighted by atomic mass is 9.36. The fourth-order valence-corrected chi connectivity index (χ4v) is 5.40. The van der Waals surface area contributed by atoms with Crippen LogP contribution in [0.4, 0.5) is 0 Å². The minimum absolute atomic E-state index is 0.678. The molecule has 3 aliphatic rings. The lowest BCUT2D eigenvalue weighted by Gasteiger charge is -2.69. The van der Waals surface area contributed by atoms with Crippen molar-refractivity contribution >= 4 is 0 Å². The van der Waals surface area contributed by atoms with Crippen molar-refractivity contribution in [3.05, 3.63) is 0 Å². The molecule has 0 saturated heterocycles. The first kappa shape index (κ1) is 8.32.